The maximum absolute atomic E-state index is 15.0. The van der Waals surface area contributed by atoms with E-state index in [0.29, 0.717) is 59.5 Å². The molecule has 2 aromatic heterocycles. The van der Waals surface area contributed by atoms with Crippen molar-refractivity contribution in [1.29, 1.82) is 0 Å². The second-order valence-corrected chi connectivity index (χ2v) is 14.9. The van der Waals surface area contributed by atoms with E-state index in [1.807, 2.05) is 27.7 Å². The van der Waals surface area contributed by atoms with E-state index in [0.717, 1.165) is 5.56 Å². The molecule has 1 amide bonds. The van der Waals surface area contributed by atoms with Crippen molar-refractivity contribution in [1.82, 2.24) is 19.3 Å². The number of nitrogens with one attached hydrogen (secondary N) is 1. The first kappa shape index (κ1) is 32.5. The highest BCUT2D eigenvalue weighted by Gasteiger charge is 2.26. The first-order valence-corrected chi connectivity index (χ1v) is 17.1. The number of hydrogen-bond acceptors (Lipinski definition) is 7. The van der Waals surface area contributed by atoms with Crippen molar-refractivity contribution in [2.45, 2.75) is 57.1 Å². The molecule has 0 unspecified atom stereocenters. The van der Waals surface area contributed by atoms with Gasteiger partial charge < -0.3 is 15.0 Å². The number of alkyl carbamates (subject to hydrolysis) is 1. The van der Waals surface area contributed by atoms with Gasteiger partial charge in [-0.3, -0.25) is 4.98 Å². The molecule has 1 aliphatic rings. The summed E-state index contributed by atoms with van der Waals surface area (Å²) in [4.78, 5) is 23.9. The Balaban J connectivity index is 1.38. The van der Waals surface area contributed by atoms with Crippen LogP contribution >= 0.6 is 11.6 Å². The number of carbonyl (C=O) groups excluding carboxylic acids is 1. The minimum absolute atomic E-state index is 0.0363. The third-order valence-corrected chi connectivity index (χ3v) is 10.0. The molecule has 1 fully saturated rings. The Morgan fingerprint density at radius 1 is 1.04 bits per heavy atom. The van der Waals surface area contributed by atoms with Crippen LogP contribution in [0.3, 0.4) is 0 Å². The van der Waals surface area contributed by atoms with Crippen molar-refractivity contribution >= 4 is 44.4 Å². The normalized spacial score (nSPS) is 14.4. The number of benzene rings is 3. The second kappa shape index (κ2) is 12.6. The van der Waals surface area contributed by atoms with Crippen LogP contribution in [0.15, 0.2) is 84.1 Å². The minimum Gasteiger partial charge on any atom is -0.444 e. The van der Waals surface area contributed by atoms with Crippen molar-refractivity contribution in [3.8, 4) is 22.4 Å². The van der Waals surface area contributed by atoms with Gasteiger partial charge in [-0.15, -0.1) is 0 Å². The average molecular weight is 676 g/mol. The predicted octanol–water partition coefficient (Wildman–Crippen LogP) is 7.60. The lowest BCUT2D eigenvalue weighted by molar-refractivity contribution is 0.0497. The smallest absolute Gasteiger partial charge is 0.407 e. The van der Waals surface area contributed by atoms with Crippen molar-refractivity contribution in [2.24, 2.45) is 0 Å². The third-order valence-electron chi connectivity index (χ3n) is 8.04. The Kier molecular flexibility index (Phi) is 8.71. The number of nitrogens with zero attached hydrogens (tertiary/aromatic N) is 4. The van der Waals surface area contributed by atoms with E-state index in [1.54, 1.807) is 60.9 Å². The summed E-state index contributed by atoms with van der Waals surface area (Å²) in [5, 5.41) is 3.73. The molecular weight excluding hydrogens is 641 g/mol. The van der Waals surface area contributed by atoms with E-state index in [9.17, 15) is 17.6 Å². The molecule has 0 saturated carbocycles. The molecule has 5 aromatic rings. The fourth-order valence-electron chi connectivity index (χ4n) is 5.72. The summed E-state index contributed by atoms with van der Waals surface area (Å²) < 4.78 is 49.6. The van der Waals surface area contributed by atoms with Crippen LogP contribution in [0.25, 0.3) is 33.3 Å². The van der Waals surface area contributed by atoms with Crippen LogP contribution in [0.5, 0.6) is 0 Å². The van der Waals surface area contributed by atoms with Crippen LogP contribution in [0, 0.1) is 12.7 Å². The highest BCUT2D eigenvalue weighted by Crippen LogP contribution is 2.38. The fourth-order valence-corrected chi connectivity index (χ4v) is 7.36. The van der Waals surface area contributed by atoms with Gasteiger partial charge >= 0.3 is 6.09 Å². The summed E-state index contributed by atoms with van der Waals surface area (Å²) in [5.41, 5.74) is 2.45. The lowest BCUT2D eigenvalue weighted by atomic mass is 10.0. The predicted molar refractivity (Wildman–Crippen MR) is 182 cm³/mol. The summed E-state index contributed by atoms with van der Waals surface area (Å²) >= 11 is 6.42. The lowest BCUT2D eigenvalue weighted by Gasteiger charge is -2.33. The van der Waals surface area contributed by atoms with Gasteiger partial charge in [0.25, 0.3) is 10.0 Å². The largest absolute Gasteiger partial charge is 0.444 e. The zero-order chi connectivity index (χ0) is 33.5. The van der Waals surface area contributed by atoms with Crippen LogP contribution in [0.4, 0.5) is 15.0 Å². The van der Waals surface area contributed by atoms with E-state index < -0.39 is 27.5 Å². The zero-order valence-electron chi connectivity index (χ0n) is 26.5. The molecule has 6 rings (SSSR count). The summed E-state index contributed by atoms with van der Waals surface area (Å²) in [6.45, 7) is 8.61. The van der Waals surface area contributed by atoms with E-state index >= 15 is 0 Å². The van der Waals surface area contributed by atoms with Gasteiger partial charge in [-0.05, 0) is 82.5 Å². The summed E-state index contributed by atoms with van der Waals surface area (Å²) in [5.74, 6) is 0.130. The van der Waals surface area contributed by atoms with Crippen LogP contribution in [-0.2, 0) is 14.8 Å². The number of piperidine rings is 1. The topological polar surface area (TPSA) is 106 Å². The molecule has 1 saturated heterocycles. The maximum Gasteiger partial charge on any atom is 0.407 e. The molecule has 244 valence electrons. The zero-order valence-corrected chi connectivity index (χ0v) is 28.1. The SMILES string of the molecule is Cc1ccc(S(=O)(=O)n2cc(-c3cncc(N4CCC(NC(=O)OC(C)(C)C)CC4)n3)c3cc(-c4c(F)cccc4Cl)ccc32)cc1. The van der Waals surface area contributed by atoms with E-state index in [1.165, 1.54) is 22.3 Å². The Morgan fingerprint density at radius 2 is 1.77 bits per heavy atom. The summed E-state index contributed by atoms with van der Waals surface area (Å²) in [6.07, 6.45) is 5.72. The molecular formula is C35H35ClFN5O4S. The van der Waals surface area contributed by atoms with Gasteiger partial charge in [0.2, 0.25) is 0 Å². The molecule has 47 heavy (non-hydrogen) atoms. The Bertz CT molecular complexity index is 2050. The van der Waals surface area contributed by atoms with Gasteiger partial charge in [-0.2, -0.15) is 0 Å². The molecule has 1 N–H and O–H groups in total. The first-order valence-electron chi connectivity index (χ1n) is 15.3. The van der Waals surface area contributed by atoms with E-state index in [2.05, 4.69) is 15.2 Å². The first-order chi connectivity index (χ1) is 22.3. The molecule has 9 nitrogen and oxygen atoms in total. The summed E-state index contributed by atoms with van der Waals surface area (Å²) in [6, 6.07) is 16.1. The highest BCUT2D eigenvalue weighted by atomic mass is 35.5. The molecule has 3 heterocycles. The molecule has 0 bridgehead atoms. The number of ether oxygens (including phenoxy) is 1. The van der Waals surface area contributed by atoms with Crippen LogP contribution < -0.4 is 10.2 Å². The molecule has 0 atom stereocenters. The number of halogens is 2. The molecule has 12 heteroatoms. The molecule has 0 radical (unpaired) electrons. The lowest BCUT2D eigenvalue weighted by Crippen LogP contribution is -2.46. The molecule has 0 spiro atoms. The highest BCUT2D eigenvalue weighted by molar-refractivity contribution is 7.90. The number of fused-ring (bicyclic) bond motifs is 1. The number of rotatable bonds is 6. The number of aryl methyl sites for hydroxylation is 1. The number of hydrogen-bond donors (Lipinski definition) is 1. The van der Waals surface area contributed by atoms with Crippen LogP contribution in [0.2, 0.25) is 5.02 Å². The average Bonchev–Trinajstić information content (AvgIpc) is 3.41. The number of anilines is 1. The summed E-state index contributed by atoms with van der Waals surface area (Å²) in [7, 11) is -4.01. The van der Waals surface area contributed by atoms with E-state index in [4.69, 9.17) is 21.3 Å². The van der Waals surface area contributed by atoms with Crippen molar-refractivity contribution in [3.05, 3.63) is 95.7 Å². The second-order valence-electron chi connectivity index (χ2n) is 12.7. The van der Waals surface area contributed by atoms with Crippen molar-refractivity contribution in [3.63, 3.8) is 0 Å². The maximum atomic E-state index is 15.0. The monoisotopic (exact) mass is 675 g/mol. The molecule has 3 aromatic carbocycles. The Labute approximate surface area is 278 Å². The van der Waals surface area contributed by atoms with Gasteiger partial charge in [0.15, 0.2) is 0 Å². The number of aromatic nitrogens is 3. The standard InChI is InChI=1S/C35H35ClFN5O4S/c1-22-8-11-25(12-9-22)47(44,45)42-21-27(26-18-23(10-13-31(26)42)33-28(36)6-5-7-29(33)37)30-19-38-20-32(40-30)41-16-14-24(15-17-41)39-34(43)46-35(2,3)4/h5-13,18-21,24H,14-17H2,1-4H3,(H,39,43). The third kappa shape index (κ3) is 6.82. The quantitative estimate of drug-likeness (QED) is 0.198. The van der Waals surface area contributed by atoms with Gasteiger partial charge in [0.05, 0.1) is 33.5 Å². The number of amides is 1. The Morgan fingerprint density at radius 3 is 2.45 bits per heavy atom. The van der Waals surface area contributed by atoms with E-state index in [-0.39, 0.29) is 21.5 Å². The molecule has 1 aliphatic heterocycles. The van der Waals surface area contributed by atoms with Crippen molar-refractivity contribution in [2.75, 3.05) is 18.0 Å². The Hall–Kier alpha value is -4.48. The van der Waals surface area contributed by atoms with Gasteiger partial charge in [0, 0.05) is 41.8 Å². The van der Waals surface area contributed by atoms with Gasteiger partial charge in [0.1, 0.15) is 17.2 Å². The fraction of sp³-hybridized carbons (Fsp3) is 0.286. The van der Waals surface area contributed by atoms with Gasteiger partial charge in [-0.25, -0.2) is 26.6 Å². The molecule has 0 aliphatic carbocycles. The minimum atomic E-state index is -4.01. The van der Waals surface area contributed by atoms with Gasteiger partial charge in [-0.1, -0.05) is 41.4 Å². The van der Waals surface area contributed by atoms with Crippen molar-refractivity contribution < 1.29 is 22.3 Å². The van der Waals surface area contributed by atoms with Crippen LogP contribution in [0.1, 0.15) is 39.2 Å². The number of carbonyl (C=O) groups is 1. The van der Waals surface area contributed by atoms with Crippen LogP contribution in [-0.4, -0.2) is 53.2 Å².